The van der Waals surface area contributed by atoms with Crippen molar-refractivity contribution in [3.05, 3.63) is 100 Å². The summed E-state index contributed by atoms with van der Waals surface area (Å²) in [7, 11) is 0. The van der Waals surface area contributed by atoms with Crippen molar-refractivity contribution in [2.45, 2.75) is 6.92 Å². The fraction of sp³-hybridized carbons (Fsp3) is 0.0435. The van der Waals surface area contributed by atoms with E-state index in [0.717, 1.165) is 21.8 Å². The van der Waals surface area contributed by atoms with Crippen LogP contribution in [0.25, 0.3) is 27.2 Å². The molecule has 0 amide bonds. The minimum Gasteiger partial charge on any atom is -0.267 e. The van der Waals surface area contributed by atoms with Gasteiger partial charge in [-0.25, -0.2) is 9.67 Å². The molecule has 5 rings (SSSR count). The van der Waals surface area contributed by atoms with Crippen LogP contribution in [0.4, 0.5) is 0 Å². The first-order valence-electron chi connectivity index (χ1n) is 9.42. The van der Waals surface area contributed by atoms with Crippen LogP contribution in [0.2, 0.25) is 0 Å². The molecule has 3 heterocycles. The number of aromatic nitrogens is 4. The van der Waals surface area contributed by atoms with E-state index in [1.165, 1.54) is 4.68 Å². The van der Waals surface area contributed by atoms with Gasteiger partial charge in [0.2, 0.25) is 0 Å². The van der Waals surface area contributed by atoms with Crippen molar-refractivity contribution >= 4 is 28.5 Å². The lowest BCUT2D eigenvalue weighted by Gasteiger charge is -2.04. The van der Waals surface area contributed by atoms with E-state index in [2.05, 4.69) is 10.1 Å². The Labute approximate surface area is 176 Å². The first kappa shape index (κ1) is 18.2. The predicted octanol–water partition coefficient (Wildman–Crippen LogP) is 4.50. The molecule has 7 heteroatoms. The highest BCUT2D eigenvalue weighted by molar-refractivity contribution is 7.13. The third-order valence-electron chi connectivity index (χ3n) is 4.75. The van der Waals surface area contributed by atoms with Gasteiger partial charge in [0.1, 0.15) is 11.5 Å². The normalized spacial score (nSPS) is 11.5. The second-order valence-corrected chi connectivity index (χ2v) is 7.68. The monoisotopic (exact) mass is 411 g/mol. The quantitative estimate of drug-likeness (QED) is 0.409. The summed E-state index contributed by atoms with van der Waals surface area (Å²) in [6.45, 7) is 1.78. The number of para-hydroxylation sites is 2. The first-order chi connectivity index (χ1) is 14.7. The Bertz CT molecular complexity index is 1420. The summed E-state index contributed by atoms with van der Waals surface area (Å²) in [5, 5.41) is 11.8. The summed E-state index contributed by atoms with van der Waals surface area (Å²) in [6.07, 6.45) is 3.59. The average molecular weight is 411 g/mol. The molecule has 0 unspecified atom stereocenters. The molecule has 0 fully saturated rings. The van der Waals surface area contributed by atoms with Crippen LogP contribution in [-0.2, 0) is 0 Å². The Morgan fingerprint density at radius 3 is 2.60 bits per heavy atom. The largest absolute Gasteiger partial charge is 0.282 e. The summed E-state index contributed by atoms with van der Waals surface area (Å²) >= 11 is 1.61. The van der Waals surface area contributed by atoms with Crippen LogP contribution < -0.4 is 5.56 Å². The predicted molar refractivity (Wildman–Crippen MR) is 121 cm³/mol. The minimum atomic E-state index is -0.192. The summed E-state index contributed by atoms with van der Waals surface area (Å²) < 4.78 is 3.16. The molecule has 2 aromatic carbocycles. The number of benzene rings is 2. The highest BCUT2D eigenvalue weighted by Gasteiger charge is 2.13. The third kappa shape index (κ3) is 3.25. The summed E-state index contributed by atoms with van der Waals surface area (Å²) in [5.74, 6) is 0.531. The number of hydrogen-bond acceptors (Lipinski definition) is 5. The van der Waals surface area contributed by atoms with Gasteiger partial charge in [-0.3, -0.25) is 4.79 Å². The highest BCUT2D eigenvalue weighted by atomic mass is 32.1. The van der Waals surface area contributed by atoms with E-state index in [9.17, 15) is 4.79 Å². The molecular formula is C23H17N5OS. The number of rotatable bonds is 4. The molecule has 0 radical (unpaired) electrons. The lowest BCUT2D eigenvalue weighted by molar-refractivity contribution is 0.771. The molecule has 0 aliphatic carbocycles. The van der Waals surface area contributed by atoms with Gasteiger partial charge < -0.3 is 0 Å². The standard InChI is InChI=1S/C23H17N5OS/c1-16-25-20-11-6-5-10-19(20)23(29)28(16)24-14-17-15-27(18-8-3-2-4-9-18)26-22(17)21-12-7-13-30-21/h2-15H,1H3. The van der Waals surface area contributed by atoms with Crippen molar-refractivity contribution < 1.29 is 0 Å². The smallest absolute Gasteiger partial charge is 0.267 e. The maximum Gasteiger partial charge on any atom is 0.282 e. The molecule has 146 valence electrons. The van der Waals surface area contributed by atoms with Crippen molar-refractivity contribution in [3.8, 4) is 16.3 Å². The molecule has 3 aromatic heterocycles. The van der Waals surface area contributed by atoms with Gasteiger partial charge in [0.25, 0.3) is 5.56 Å². The number of aryl methyl sites for hydroxylation is 1. The van der Waals surface area contributed by atoms with E-state index >= 15 is 0 Å². The Hall–Kier alpha value is -3.84. The third-order valence-corrected chi connectivity index (χ3v) is 5.62. The lowest BCUT2D eigenvalue weighted by atomic mass is 10.2. The summed E-state index contributed by atoms with van der Waals surface area (Å²) in [4.78, 5) is 18.4. The molecule has 0 saturated heterocycles. The molecule has 6 nitrogen and oxygen atoms in total. The van der Waals surface area contributed by atoms with Gasteiger partial charge in [0, 0.05) is 11.8 Å². The van der Waals surface area contributed by atoms with Gasteiger partial charge in [0.15, 0.2) is 0 Å². The van der Waals surface area contributed by atoms with Crippen molar-refractivity contribution in [1.29, 1.82) is 0 Å². The fourth-order valence-corrected chi connectivity index (χ4v) is 4.02. The molecule has 0 atom stereocenters. The second kappa shape index (κ2) is 7.53. The van der Waals surface area contributed by atoms with Gasteiger partial charge in [-0.05, 0) is 42.6 Å². The van der Waals surface area contributed by atoms with E-state index in [1.807, 2.05) is 76.9 Å². The van der Waals surface area contributed by atoms with Gasteiger partial charge in [-0.1, -0.05) is 36.4 Å². The zero-order chi connectivity index (χ0) is 20.5. The lowest BCUT2D eigenvalue weighted by Crippen LogP contribution is -2.20. The second-order valence-electron chi connectivity index (χ2n) is 6.73. The van der Waals surface area contributed by atoms with E-state index in [4.69, 9.17) is 5.10 Å². The highest BCUT2D eigenvalue weighted by Crippen LogP contribution is 2.27. The van der Waals surface area contributed by atoms with E-state index in [0.29, 0.717) is 16.7 Å². The first-order valence-corrected chi connectivity index (χ1v) is 10.3. The van der Waals surface area contributed by atoms with Crippen molar-refractivity contribution in [2.75, 3.05) is 0 Å². The topological polar surface area (TPSA) is 65.1 Å². The van der Waals surface area contributed by atoms with Crippen molar-refractivity contribution in [3.63, 3.8) is 0 Å². The van der Waals surface area contributed by atoms with Crippen molar-refractivity contribution in [1.82, 2.24) is 19.4 Å². The Kier molecular flexibility index (Phi) is 4.57. The molecule has 0 bridgehead atoms. The van der Waals surface area contributed by atoms with Crippen LogP contribution >= 0.6 is 11.3 Å². The van der Waals surface area contributed by atoms with Gasteiger partial charge in [-0.2, -0.15) is 14.9 Å². The van der Waals surface area contributed by atoms with E-state index in [-0.39, 0.29) is 5.56 Å². The molecule has 0 saturated carbocycles. The van der Waals surface area contributed by atoms with Crippen LogP contribution in [0.5, 0.6) is 0 Å². The Balaban J connectivity index is 1.63. The van der Waals surface area contributed by atoms with Gasteiger partial charge >= 0.3 is 0 Å². The molecule has 0 aliphatic heterocycles. The molecule has 5 aromatic rings. The van der Waals surface area contributed by atoms with E-state index in [1.54, 1.807) is 30.5 Å². The van der Waals surface area contributed by atoms with Crippen molar-refractivity contribution in [2.24, 2.45) is 5.10 Å². The minimum absolute atomic E-state index is 0.192. The van der Waals surface area contributed by atoms with E-state index < -0.39 is 0 Å². The maximum atomic E-state index is 12.9. The van der Waals surface area contributed by atoms with Crippen LogP contribution in [0.3, 0.4) is 0 Å². The fourth-order valence-electron chi connectivity index (χ4n) is 3.29. The van der Waals surface area contributed by atoms with Crippen LogP contribution in [0, 0.1) is 6.92 Å². The zero-order valence-corrected chi connectivity index (χ0v) is 17.0. The summed E-state index contributed by atoms with van der Waals surface area (Å²) in [6, 6.07) is 21.2. The number of thiophene rings is 1. The molecular weight excluding hydrogens is 394 g/mol. The zero-order valence-electron chi connectivity index (χ0n) is 16.1. The maximum absolute atomic E-state index is 12.9. The molecule has 0 spiro atoms. The summed E-state index contributed by atoms with van der Waals surface area (Å²) in [5.41, 5.74) is 3.07. The Morgan fingerprint density at radius 1 is 1.00 bits per heavy atom. The van der Waals surface area contributed by atoms with Gasteiger partial charge in [-0.15, -0.1) is 11.3 Å². The SMILES string of the molecule is Cc1nc2ccccc2c(=O)n1N=Cc1cn(-c2ccccc2)nc1-c1cccs1. The Morgan fingerprint density at radius 2 is 1.80 bits per heavy atom. The van der Waals surface area contributed by atoms with Crippen LogP contribution in [-0.4, -0.2) is 25.7 Å². The molecule has 0 aliphatic rings. The van der Waals surface area contributed by atoms with Crippen LogP contribution in [0.15, 0.2) is 88.2 Å². The number of nitrogens with zero attached hydrogens (tertiary/aromatic N) is 5. The molecule has 30 heavy (non-hydrogen) atoms. The average Bonchev–Trinajstić information content (AvgIpc) is 3.44. The number of fused-ring (bicyclic) bond motifs is 1. The van der Waals surface area contributed by atoms with Crippen LogP contribution in [0.1, 0.15) is 11.4 Å². The number of hydrogen-bond donors (Lipinski definition) is 0. The molecule has 0 N–H and O–H groups in total. The van der Waals surface area contributed by atoms with Gasteiger partial charge in [0.05, 0.1) is 27.7 Å².